The molecule has 1 aromatic carbocycles. The van der Waals surface area contributed by atoms with Gasteiger partial charge in [-0.1, -0.05) is 19.9 Å². The molecular weight excluding hydrogens is 177 g/mol. The van der Waals surface area contributed by atoms with Gasteiger partial charge in [0, 0.05) is 11.8 Å². The fourth-order valence-corrected chi connectivity index (χ4v) is 1.47. The molecule has 0 aliphatic heterocycles. The highest BCUT2D eigenvalue weighted by atomic mass is 19.1. The zero-order chi connectivity index (χ0) is 10.6. The minimum atomic E-state index is -0.151. The Balaban J connectivity index is 3.21. The van der Waals surface area contributed by atoms with Crippen LogP contribution < -0.4 is 0 Å². The van der Waals surface area contributed by atoms with E-state index in [1.54, 1.807) is 12.3 Å². The van der Waals surface area contributed by atoms with Crippen LogP contribution >= 0.6 is 0 Å². The van der Waals surface area contributed by atoms with Crippen molar-refractivity contribution in [3.05, 3.63) is 29.6 Å². The van der Waals surface area contributed by atoms with Crippen molar-refractivity contribution in [3.63, 3.8) is 0 Å². The first-order valence-electron chi connectivity index (χ1n) is 4.97. The molecule has 0 spiro atoms. The van der Waals surface area contributed by atoms with Crippen LogP contribution in [0.15, 0.2) is 23.2 Å². The van der Waals surface area contributed by atoms with Gasteiger partial charge >= 0.3 is 0 Å². The standard InChI is InChI=1S/C12H16FN/c1-4-9(3)12-10(13)7-6-8-11(12)14-5-2/h5-9H,4H2,1-3H3. The Morgan fingerprint density at radius 2 is 2.21 bits per heavy atom. The van der Waals surface area contributed by atoms with Crippen LogP contribution in [0.1, 0.15) is 38.7 Å². The second-order valence-corrected chi connectivity index (χ2v) is 3.37. The van der Waals surface area contributed by atoms with Crippen molar-refractivity contribution in [3.8, 4) is 0 Å². The van der Waals surface area contributed by atoms with Gasteiger partial charge in [0.15, 0.2) is 0 Å². The SMILES string of the molecule is CC=Nc1cccc(F)c1C(C)CC. The Morgan fingerprint density at radius 1 is 1.50 bits per heavy atom. The molecule has 14 heavy (non-hydrogen) atoms. The molecule has 0 aliphatic carbocycles. The van der Waals surface area contributed by atoms with E-state index in [1.165, 1.54) is 6.07 Å². The number of halogens is 1. The summed E-state index contributed by atoms with van der Waals surface area (Å²) < 4.78 is 13.5. The van der Waals surface area contributed by atoms with Gasteiger partial charge in [-0.3, -0.25) is 4.99 Å². The van der Waals surface area contributed by atoms with Gasteiger partial charge in [0.05, 0.1) is 5.69 Å². The van der Waals surface area contributed by atoms with Gasteiger partial charge in [0.1, 0.15) is 5.82 Å². The van der Waals surface area contributed by atoms with E-state index >= 15 is 0 Å². The van der Waals surface area contributed by atoms with Gasteiger partial charge in [-0.2, -0.15) is 0 Å². The average Bonchev–Trinajstić information content (AvgIpc) is 2.18. The lowest BCUT2D eigenvalue weighted by Gasteiger charge is -2.12. The first kappa shape index (κ1) is 10.9. The minimum Gasteiger partial charge on any atom is -0.261 e. The van der Waals surface area contributed by atoms with Crippen molar-refractivity contribution in [1.29, 1.82) is 0 Å². The zero-order valence-electron chi connectivity index (χ0n) is 8.92. The Labute approximate surface area is 84.7 Å². The number of rotatable bonds is 3. The van der Waals surface area contributed by atoms with Crippen LogP contribution in [0, 0.1) is 5.82 Å². The van der Waals surface area contributed by atoms with E-state index in [2.05, 4.69) is 11.9 Å². The molecule has 1 nitrogen and oxygen atoms in total. The Kier molecular flexibility index (Phi) is 3.81. The van der Waals surface area contributed by atoms with E-state index in [9.17, 15) is 4.39 Å². The third-order valence-corrected chi connectivity index (χ3v) is 2.40. The maximum absolute atomic E-state index is 13.5. The van der Waals surface area contributed by atoms with E-state index in [0.717, 1.165) is 17.7 Å². The predicted octanol–water partition coefficient (Wildman–Crippen LogP) is 4.06. The van der Waals surface area contributed by atoms with Crippen LogP contribution in [-0.2, 0) is 0 Å². The van der Waals surface area contributed by atoms with Crippen LogP contribution in [0.4, 0.5) is 10.1 Å². The summed E-state index contributed by atoms with van der Waals surface area (Å²) in [7, 11) is 0. The maximum atomic E-state index is 13.5. The molecule has 1 atom stereocenters. The van der Waals surface area contributed by atoms with Crippen molar-refractivity contribution in [2.75, 3.05) is 0 Å². The van der Waals surface area contributed by atoms with Crippen molar-refractivity contribution in [2.24, 2.45) is 4.99 Å². The molecular formula is C12H16FN. The molecule has 0 amide bonds. The van der Waals surface area contributed by atoms with Crippen molar-refractivity contribution in [1.82, 2.24) is 0 Å². The van der Waals surface area contributed by atoms with Crippen LogP contribution in [0.3, 0.4) is 0 Å². The monoisotopic (exact) mass is 193 g/mol. The second-order valence-electron chi connectivity index (χ2n) is 3.37. The Morgan fingerprint density at radius 3 is 2.79 bits per heavy atom. The first-order valence-corrected chi connectivity index (χ1v) is 4.97. The second kappa shape index (κ2) is 4.89. The largest absolute Gasteiger partial charge is 0.261 e. The highest BCUT2D eigenvalue weighted by Gasteiger charge is 2.12. The van der Waals surface area contributed by atoms with E-state index in [1.807, 2.05) is 19.9 Å². The van der Waals surface area contributed by atoms with Crippen molar-refractivity contribution in [2.45, 2.75) is 33.1 Å². The van der Waals surface area contributed by atoms with Gasteiger partial charge in [0.25, 0.3) is 0 Å². The summed E-state index contributed by atoms with van der Waals surface area (Å²) in [4.78, 5) is 4.17. The molecule has 2 heteroatoms. The van der Waals surface area contributed by atoms with Crippen molar-refractivity contribution >= 4 is 11.9 Å². The number of hydrogen-bond acceptors (Lipinski definition) is 1. The molecule has 0 bridgehead atoms. The highest BCUT2D eigenvalue weighted by molar-refractivity contribution is 5.63. The predicted molar refractivity (Wildman–Crippen MR) is 58.9 cm³/mol. The molecule has 1 unspecified atom stereocenters. The Hall–Kier alpha value is -1.18. The van der Waals surface area contributed by atoms with Gasteiger partial charge < -0.3 is 0 Å². The number of benzene rings is 1. The van der Waals surface area contributed by atoms with Crippen LogP contribution in [0.25, 0.3) is 0 Å². The molecule has 0 aromatic heterocycles. The normalized spacial score (nSPS) is 13.4. The third kappa shape index (κ3) is 2.19. The van der Waals surface area contributed by atoms with Gasteiger partial charge in [0.2, 0.25) is 0 Å². The van der Waals surface area contributed by atoms with E-state index in [0.29, 0.717) is 0 Å². The number of aliphatic imine (C=N–C) groups is 1. The molecule has 0 radical (unpaired) electrons. The quantitative estimate of drug-likeness (QED) is 0.642. The molecule has 0 aliphatic rings. The summed E-state index contributed by atoms with van der Waals surface area (Å²) in [5.41, 5.74) is 1.48. The maximum Gasteiger partial charge on any atom is 0.128 e. The van der Waals surface area contributed by atoms with E-state index in [4.69, 9.17) is 0 Å². The highest BCUT2D eigenvalue weighted by Crippen LogP contribution is 2.30. The fraction of sp³-hybridized carbons (Fsp3) is 0.417. The first-order chi connectivity index (χ1) is 6.70. The summed E-state index contributed by atoms with van der Waals surface area (Å²) in [6.45, 7) is 5.91. The van der Waals surface area contributed by atoms with E-state index in [-0.39, 0.29) is 11.7 Å². The number of nitrogens with zero attached hydrogens (tertiary/aromatic N) is 1. The lowest BCUT2D eigenvalue weighted by molar-refractivity contribution is 0.584. The van der Waals surface area contributed by atoms with Crippen LogP contribution in [0.5, 0.6) is 0 Å². The molecule has 0 saturated carbocycles. The summed E-state index contributed by atoms with van der Waals surface area (Å²) in [6.07, 6.45) is 2.62. The lowest BCUT2D eigenvalue weighted by atomic mass is 9.96. The fourth-order valence-electron chi connectivity index (χ4n) is 1.47. The van der Waals surface area contributed by atoms with Crippen LogP contribution in [0.2, 0.25) is 0 Å². The summed E-state index contributed by atoms with van der Waals surface area (Å²) >= 11 is 0. The third-order valence-electron chi connectivity index (χ3n) is 2.40. The molecule has 0 heterocycles. The average molecular weight is 193 g/mol. The van der Waals surface area contributed by atoms with Crippen molar-refractivity contribution < 1.29 is 4.39 Å². The van der Waals surface area contributed by atoms with E-state index < -0.39 is 0 Å². The molecule has 76 valence electrons. The Bertz CT molecular complexity index is 331. The molecule has 0 saturated heterocycles. The topological polar surface area (TPSA) is 12.4 Å². The molecule has 1 rings (SSSR count). The molecule has 0 fully saturated rings. The lowest BCUT2D eigenvalue weighted by Crippen LogP contribution is -1.96. The van der Waals surface area contributed by atoms with Gasteiger partial charge in [-0.05, 0) is 31.4 Å². The zero-order valence-corrected chi connectivity index (χ0v) is 8.92. The molecule has 0 N–H and O–H groups in total. The number of hydrogen-bond donors (Lipinski definition) is 0. The van der Waals surface area contributed by atoms with Gasteiger partial charge in [-0.25, -0.2) is 4.39 Å². The summed E-state index contributed by atoms with van der Waals surface area (Å²) in [5.74, 6) is 0.0670. The summed E-state index contributed by atoms with van der Waals surface area (Å²) in [5, 5.41) is 0. The van der Waals surface area contributed by atoms with Crippen LogP contribution in [-0.4, -0.2) is 6.21 Å². The molecule has 1 aromatic rings. The minimum absolute atomic E-state index is 0.151. The summed E-state index contributed by atoms with van der Waals surface area (Å²) in [6, 6.07) is 5.05. The van der Waals surface area contributed by atoms with Gasteiger partial charge in [-0.15, -0.1) is 0 Å². The smallest absolute Gasteiger partial charge is 0.128 e.